The summed E-state index contributed by atoms with van der Waals surface area (Å²) in [7, 11) is 0. The highest BCUT2D eigenvalue weighted by atomic mass is 35.5. The lowest BCUT2D eigenvalue weighted by molar-refractivity contribution is 0.525. The maximum Gasteiger partial charge on any atom is 0.165 e. The molecule has 0 atom stereocenters. The van der Waals surface area contributed by atoms with Crippen molar-refractivity contribution in [3.8, 4) is 11.4 Å². The second kappa shape index (κ2) is 4.88. The summed E-state index contributed by atoms with van der Waals surface area (Å²) < 4.78 is 2.05. The smallest absolute Gasteiger partial charge is 0.165 e. The Morgan fingerprint density at radius 3 is 2.82 bits per heavy atom. The van der Waals surface area contributed by atoms with Gasteiger partial charge in [0.25, 0.3) is 0 Å². The third-order valence-electron chi connectivity index (χ3n) is 2.61. The van der Waals surface area contributed by atoms with Crippen LogP contribution in [-0.4, -0.2) is 14.8 Å². The molecule has 0 saturated heterocycles. The van der Waals surface area contributed by atoms with E-state index in [9.17, 15) is 0 Å². The van der Waals surface area contributed by atoms with Gasteiger partial charge in [-0.2, -0.15) is 0 Å². The van der Waals surface area contributed by atoms with E-state index in [4.69, 9.17) is 11.6 Å². The Bertz CT molecular complexity index is 517. The van der Waals surface area contributed by atoms with Crippen LogP contribution >= 0.6 is 11.6 Å². The predicted molar refractivity (Wildman–Crippen MR) is 70.0 cm³/mol. The summed E-state index contributed by atoms with van der Waals surface area (Å²) in [6.45, 7) is 7.23. The van der Waals surface area contributed by atoms with Crippen molar-refractivity contribution in [1.82, 2.24) is 14.8 Å². The molecule has 0 aliphatic carbocycles. The highest BCUT2D eigenvalue weighted by Crippen LogP contribution is 2.29. The van der Waals surface area contributed by atoms with E-state index in [-0.39, 0.29) is 0 Å². The van der Waals surface area contributed by atoms with Gasteiger partial charge in [0, 0.05) is 12.1 Å². The number of hydrogen-bond acceptors (Lipinski definition) is 2. The SMILES string of the molecule is Cc1cccc(-c2nncn2CC(C)C)c1Cl. The highest BCUT2D eigenvalue weighted by molar-refractivity contribution is 6.33. The minimum Gasteiger partial charge on any atom is -0.313 e. The summed E-state index contributed by atoms with van der Waals surface area (Å²) in [5.41, 5.74) is 2.01. The van der Waals surface area contributed by atoms with Crippen molar-refractivity contribution in [1.29, 1.82) is 0 Å². The highest BCUT2D eigenvalue weighted by Gasteiger charge is 2.12. The van der Waals surface area contributed by atoms with Gasteiger partial charge >= 0.3 is 0 Å². The number of rotatable bonds is 3. The maximum absolute atomic E-state index is 6.31. The number of nitrogens with zero attached hydrogens (tertiary/aromatic N) is 3. The van der Waals surface area contributed by atoms with Crippen LogP contribution in [-0.2, 0) is 6.54 Å². The Morgan fingerprint density at radius 2 is 2.12 bits per heavy atom. The van der Waals surface area contributed by atoms with Gasteiger partial charge in [-0.3, -0.25) is 0 Å². The van der Waals surface area contributed by atoms with Crippen LogP contribution in [0, 0.1) is 12.8 Å². The van der Waals surface area contributed by atoms with Crippen molar-refractivity contribution in [2.45, 2.75) is 27.3 Å². The van der Waals surface area contributed by atoms with Crippen LogP contribution in [0.1, 0.15) is 19.4 Å². The molecule has 0 spiro atoms. The summed E-state index contributed by atoms with van der Waals surface area (Å²) >= 11 is 6.31. The van der Waals surface area contributed by atoms with E-state index in [0.29, 0.717) is 5.92 Å². The largest absolute Gasteiger partial charge is 0.313 e. The number of aromatic nitrogens is 3. The van der Waals surface area contributed by atoms with Crippen LogP contribution in [0.15, 0.2) is 24.5 Å². The number of aryl methyl sites for hydroxylation is 1. The van der Waals surface area contributed by atoms with Crippen LogP contribution in [0.5, 0.6) is 0 Å². The van der Waals surface area contributed by atoms with Crippen molar-refractivity contribution >= 4 is 11.6 Å². The maximum atomic E-state index is 6.31. The van der Waals surface area contributed by atoms with Gasteiger partial charge in [0.2, 0.25) is 0 Å². The lowest BCUT2D eigenvalue weighted by Crippen LogP contribution is -2.05. The van der Waals surface area contributed by atoms with Gasteiger partial charge in [-0.1, -0.05) is 37.6 Å². The molecule has 0 saturated carbocycles. The van der Waals surface area contributed by atoms with E-state index >= 15 is 0 Å². The molecule has 0 unspecified atom stereocenters. The number of hydrogen-bond donors (Lipinski definition) is 0. The molecule has 1 heterocycles. The zero-order chi connectivity index (χ0) is 12.4. The topological polar surface area (TPSA) is 30.7 Å². The quantitative estimate of drug-likeness (QED) is 0.833. The van der Waals surface area contributed by atoms with Gasteiger partial charge in [0.1, 0.15) is 6.33 Å². The zero-order valence-corrected chi connectivity index (χ0v) is 11.1. The van der Waals surface area contributed by atoms with Gasteiger partial charge < -0.3 is 4.57 Å². The molecule has 4 heteroatoms. The molecule has 0 aliphatic rings. The predicted octanol–water partition coefficient (Wildman–Crippen LogP) is 3.56. The monoisotopic (exact) mass is 249 g/mol. The molecule has 3 nitrogen and oxygen atoms in total. The Hall–Kier alpha value is -1.35. The fourth-order valence-corrected chi connectivity index (χ4v) is 2.02. The van der Waals surface area contributed by atoms with Crippen LogP contribution in [0.3, 0.4) is 0 Å². The molecule has 0 fully saturated rings. The molecule has 0 amide bonds. The van der Waals surface area contributed by atoms with Gasteiger partial charge in [-0.15, -0.1) is 10.2 Å². The van der Waals surface area contributed by atoms with E-state index in [1.165, 1.54) is 0 Å². The summed E-state index contributed by atoms with van der Waals surface area (Å²) in [5, 5.41) is 8.90. The molecule has 0 N–H and O–H groups in total. The molecular weight excluding hydrogens is 234 g/mol. The molecule has 2 rings (SSSR count). The van der Waals surface area contributed by atoms with E-state index in [2.05, 4.69) is 24.0 Å². The summed E-state index contributed by atoms with van der Waals surface area (Å²) in [6.07, 6.45) is 1.76. The molecule has 1 aromatic carbocycles. The normalized spacial score (nSPS) is 11.1. The first-order chi connectivity index (χ1) is 8.09. The molecule has 17 heavy (non-hydrogen) atoms. The average Bonchev–Trinajstić information content (AvgIpc) is 2.69. The first-order valence-corrected chi connectivity index (χ1v) is 6.10. The molecule has 0 aliphatic heterocycles. The molecular formula is C13H16ClN3. The standard InChI is InChI=1S/C13H16ClN3/c1-9(2)7-17-8-15-16-13(17)11-6-4-5-10(3)12(11)14/h4-6,8-9H,7H2,1-3H3. The molecule has 90 valence electrons. The second-order valence-electron chi connectivity index (χ2n) is 4.64. The van der Waals surface area contributed by atoms with E-state index in [1.54, 1.807) is 6.33 Å². The van der Waals surface area contributed by atoms with Crippen molar-refractivity contribution in [3.63, 3.8) is 0 Å². The summed E-state index contributed by atoms with van der Waals surface area (Å²) in [6, 6.07) is 5.97. The Balaban J connectivity index is 2.46. The molecule has 0 radical (unpaired) electrons. The molecule has 1 aromatic heterocycles. The van der Waals surface area contributed by atoms with E-state index in [1.807, 2.05) is 29.7 Å². The second-order valence-corrected chi connectivity index (χ2v) is 5.02. The van der Waals surface area contributed by atoms with Crippen LogP contribution in [0.2, 0.25) is 5.02 Å². The minimum atomic E-state index is 0.549. The van der Waals surface area contributed by atoms with Crippen molar-refractivity contribution < 1.29 is 0 Å². The van der Waals surface area contributed by atoms with Crippen LogP contribution in [0.4, 0.5) is 0 Å². The third-order valence-corrected chi connectivity index (χ3v) is 3.11. The fourth-order valence-electron chi connectivity index (χ4n) is 1.81. The fraction of sp³-hybridized carbons (Fsp3) is 0.385. The molecule has 0 bridgehead atoms. The van der Waals surface area contributed by atoms with E-state index < -0.39 is 0 Å². The Morgan fingerprint density at radius 1 is 1.35 bits per heavy atom. The minimum absolute atomic E-state index is 0.549. The van der Waals surface area contributed by atoms with Crippen molar-refractivity contribution in [2.75, 3.05) is 0 Å². The molecule has 2 aromatic rings. The third kappa shape index (κ3) is 2.50. The van der Waals surface area contributed by atoms with Crippen LogP contribution < -0.4 is 0 Å². The van der Waals surface area contributed by atoms with Gasteiger partial charge in [-0.25, -0.2) is 0 Å². The van der Waals surface area contributed by atoms with E-state index in [0.717, 1.165) is 28.5 Å². The first kappa shape index (κ1) is 12.1. The average molecular weight is 250 g/mol. The first-order valence-electron chi connectivity index (χ1n) is 5.73. The zero-order valence-electron chi connectivity index (χ0n) is 10.3. The number of benzene rings is 1. The summed E-state index contributed by atoms with van der Waals surface area (Å²) in [5.74, 6) is 1.39. The van der Waals surface area contributed by atoms with Gasteiger partial charge in [0.15, 0.2) is 5.82 Å². The van der Waals surface area contributed by atoms with Gasteiger partial charge in [-0.05, 0) is 24.5 Å². The van der Waals surface area contributed by atoms with Crippen LogP contribution in [0.25, 0.3) is 11.4 Å². The lowest BCUT2D eigenvalue weighted by atomic mass is 10.1. The van der Waals surface area contributed by atoms with Gasteiger partial charge in [0.05, 0.1) is 5.02 Å². The van der Waals surface area contributed by atoms with Crippen molar-refractivity contribution in [2.24, 2.45) is 5.92 Å². The Labute approximate surface area is 106 Å². The van der Waals surface area contributed by atoms with Crippen molar-refractivity contribution in [3.05, 3.63) is 35.1 Å². The summed E-state index contributed by atoms with van der Waals surface area (Å²) in [4.78, 5) is 0. The Kier molecular flexibility index (Phi) is 3.48. The number of halogens is 1. The lowest BCUT2D eigenvalue weighted by Gasteiger charge is -2.10.